The third-order valence-electron chi connectivity index (χ3n) is 9.81. The van der Waals surface area contributed by atoms with Crippen molar-refractivity contribution in [1.29, 1.82) is 0 Å². The fourth-order valence-corrected chi connectivity index (χ4v) is 7.70. The van der Waals surface area contributed by atoms with E-state index < -0.39 is 17.4 Å². The van der Waals surface area contributed by atoms with Gasteiger partial charge in [0.15, 0.2) is 22.4 Å². The molecule has 0 heterocycles. The number of hydrogen-bond donors (Lipinski definition) is 5. The van der Waals surface area contributed by atoms with Gasteiger partial charge in [0.05, 0.1) is 43.5 Å². The minimum atomic E-state index is -0.845. The highest BCUT2D eigenvalue weighted by atomic mass is 16.5. The second-order valence-corrected chi connectivity index (χ2v) is 13.1. The summed E-state index contributed by atoms with van der Waals surface area (Å²) in [5.41, 5.74) is 2.92. The number of anilines is 2. The Bertz CT molecular complexity index is 2330. The third-order valence-corrected chi connectivity index (χ3v) is 9.81. The number of fused-ring (bicyclic) bond motifs is 1. The van der Waals surface area contributed by atoms with E-state index >= 15 is 0 Å². The molecule has 0 aromatic heterocycles. The zero-order chi connectivity index (χ0) is 36.6. The van der Waals surface area contributed by atoms with E-state index in [4.69, 9.17) is 24.4 Å². The van der Waals surface area contributed by atoms with Crippen molar-refractivity contribution < 1.29 is 39.1 Å². The summed E-state index contributed by atoms with van der Waals surface area (Å²) in [6, 6.07) is 2.77. The van der Waals surface area contributed by atoms with Crippen molar-refractivity contribution in [2.45, 2.75) is 64.7 Å². The molecule has 6 rings (SSSR count). The first-order valence-electron chi connectivity index (χ1n) is 17.2. The molecule has 1 aliphatic carbocycles. The van der Waals surface area contributed by atoms with Gasteiger partial charge in [0.1, 0.15) is 11.5 Å². The van der Waals surface area contributed by atoms with Crippen molar-refractivity contribution >= 4 is 72.5 Å². The summed E-state index contributed by atoms with van der Waals surface area (Å²) < 4.78 is 17.5. The fourth-order valence-electron chi connectivity index (χ4n) is 7.70. The number of carbonyl (C=O) groups is 2. The van der Waals surface area contributed by atoms with E-state index in [9.17, 15) is 24.3 Å². The average Bonchev–Trinajstić information content (AvgIpc) is 3.24. The summed E-state index contributed by atoms with van der Waals surface area (Å²) in [5, 5.41) is 41.0. The van der Waals surface area contributed by atoms with Gasteiger partial charge in [-0.15, -0.1) is 0 Å². The molecule has 0 unspecified atom stereocenters. The summed E-state index contributed by atoms with van der Waals surface area (Å²) in [6.07, 6.45) is 6.35. The number of carboxylic acid groups (broad SMARTS) is 2. The Morgan fingerprint density at radius 3 is 1.73 bits per heavy atom. The number of unbranched alkanes of at least 4 members (excludes halogenated alkanes) is 4. The second kappa shape index (κ2) is 14.4. The molecular formula is C39H42N2O10. The Balaban J connectivity index is 1.74. The zero-order valence-corrected chi connectivity index (χ0v) is 29.2. The minimum Gasteiger partial charge on any atom is -0.504 e. The topological polar surface area (TPSA) is 181 Å². The quantitative estimate of drug-likeness (QED) is 0.0395. The van der Waals surface area contributed by atoms with Crippen LogP contribution < -0.4 is 35.7 Å². The van der Waals surface area contributed by atoms with Gasteiger partial charge in [0.2, 0.25) is 0 Å². The Morgan fingerprint density at radius 2 is 1.20 bits per heavy atom. The lowest BCUT2D eigenvalue weighted by Gasteiger charge is -2.26. The SMILES string of the molecule is COc1c(O)c2c(=O)cc(OC)c3c4c(OC)cc(=O)c5c(NCCCCCC(=O)O)c(NCCCCCC(=O)O)c6c(c(c1CC(C)=C6)c23)c54. The highest BCUT2D eigenvalue weighted by molar-refractivity contribution is 6.40. The van der Waals surface area contributed by atoms with Crippen molar-refractivity contribution in [1.82, 2.24) is 0 Å². The molecule has 0 spiro atoms. The van der Waals surface area contributed by atoms with Crippen LogP contribution >= 0.6 is 0 Å². The molecule has 12 heteroatoms. The molecule has 268 valence electrons. The molecule has 0 bridgehead atoms. The number of aliphatic carboxylic acids is 2. The number of ether oxygens (including phenoxy) is 3. The zero-order valence-electron chi connectivity index (χ0n) is 29.2. The Labute approximate surface area is 293 Å². The molecule has 12 nitrogen and oxygen atoms in total. The largest absolute Gasteiger partial charge is 0.504 e. The number of phenolic OH excluding ortho intramolecular Hbond substituents is 1. The van der Waals surface area contributed by atoms with Gasteiger partial charge < -0.3 is 40.2 Å². The van der Waals surface area contributed by atoms with E-state index in [0.717, 1.165) is 11.1 Å². The Kier molecular flexibility index (Phi) is 9.95. The van der Waals surface area contributed by atoms with Crippen LogP contribution in [0.1, 0.15) is 69.4 Å². The van der Waals surface area contributed by atoms with E-state index in [1.54, 1.807) is 0 Å². The number of benzene rings is 5. The van der Waals surface area contributed by atoms with Crippen LogP contribution in [-0.4, -0.2) is 61.7 Å². The maximum absolute atomic E-state index is 14.3. The molecule has 0 amide bonds. The van der Waals surface area contributed by atoms with Crippen LogP contribution in [0, 0.1) is 0 Å². The Morgan fingerprint density at radius 1 is 0.667 bits per heavy atom. The van der Waals surface area contributed by atoms with Crippen molar-refractivity contribution in [2.24, 2.45) is 0 Å². The number of rotatable bonds is 17. The van der Waals surface area contributed by atoms with E-state index in [2.05, 4.69) is 16.7 Å². The van der Waals surface area contributed by atoms with Crippen molar-refractivity contribution in [3.8, 4) is 23.0 Å². The summed E-state index contributed by atoms with van der Waals surface area (Å²) in [6.45, 7) is 2.93. The van der Waals surface area contributed by atoms with Crippen molar-refractivity contribution in [2.75, 3.05) is 45.1 Å². The van der Waals surface area contributed by atoms with E-state index in [1.165, 1.54) is 33.5 Å². The van der Waals surface area contributed by atoms with Crippen LogP contribution in [0.15, 0.2) is 27.3 Å². The van der Waals surface area contributed by atoms with Gasteiger partial charge in [-0.05, 0) is 44.4 Å². The minimum absolute atomic E-state index is 0.0770. The maximum atomic E-state index is 14.3. The van der Waals surface area contributed by atoms with Gasteiger partial charge in [-0.25, -0.2) is 0 Å². The molecule has 51 heavy (non-hydrogen) atoms. The molecule has 5 aromatic rings. The van der Waals surface area contributed by atoms with Gasteiger partial charge >= 0.3 is 11.9 Å². The normalized spacial score (nSPS) is 12.5. The molecule has 0 aliphatic heterocycles. The second-order valence-electron chi connectivity index (χ2n) is 13.1. The van der Waals surface area contributed by atoms with Gasteiger partial charge in [0.25, 0.3) is 0 Å². The molecule has 0 saturated heterocycles. The number of methoxy groups -OCH3 is 3. The molecule has 0 fully saturated rings. The number of phenols is 1. The molecule has 0 atom stereocenters. The molecule has 0 radical (unpaired) electrons. The van der Waals surface area contributed by atoms with Crippen LogP contribution in [0.4, 0.5) is 11.4 Å². The van der Waals surface area contributed by atoms with Crippen LogP contribution in [0.2, 0.25) is 0 Å². The maximum Gasteiger partial charge on any atom is 0.303 e. The van der Waals surface area contributed by atoms with Crippen LogP contribution in [0.5, 0.6) is 23.0 Å². The summed E-state index contributed by atoms with van der Waals surface area (Å²) in [7, 11) is 4.41. The van der Waals surface area contributed by atoms with Gasteiger partial charge in [-0.1, -0.05) is 24.5 Å². The summed E-state index contributed by atoms with van der Waals surface area (Å²) >= 11 is 0. The lowest BCUT2D eigenvalue weighted by atomic mass is 9.83. The number of allylic oxidation sites excluding steroid dienone is 1. The van der Waals surface area contributed by atoms with Gasteiger partial charge in [0, 0.05) is 76.1 Å². The summed E-state index contributed by atoms with van der Waals surface area (Å²) in [4.78, 5) is 50.3. The van der Waals surface area contributed by atoms with E-state index in [0.29, 0.717) is 118 Å². The lowest BCUT2D eigenvalue weighted by Crippen LogP contribution is -2.15. The third kappa shape index (κ3) is 6.12. The highest BCUT2D eigenvalue weighted by Gasteiger charge is 2.33. The molecule has 1 aliphatic rings. The molecule has 5 N–H and O–H groups in total. The number of nitrogens with one attached hydrogen (secondary N) is 2. The van der Waals surface area contributed by atoms with E-state index in [-0.39, 0.29) is 40.9 Å². The van der Waals surface area contributed by atoms with Gasteiger partial charge in [-0.2, -0.15) is 0 Å². The first kappa shape index (κ1) is 35.3. The number of aromatic hydroxyl groups is 1. The van der Waals surface area contributed by atoms with Crippen molar-refractivity contribution in [3.63, 3.8) is 0 Å². The lowest BCUT2D eigenvalue weighted by molar-refractivity contribution is -0.138. The average molecular weight is 699 g/mol. The predicted molar refractivity (Wildman–Crippen MR) is 199 cm³/mol. The Hall–Kier alpha value is -5.52. The predicted octanol–water partition coefficient (Wildman–Crippen LogP) is 6.70. The first-order chi connectivity index (χ1) is 24.5. The molecule has 0 saturated carbocycles. The monoisotopic (exact) mass is 698 g/mol. The number of carboxylic acids is 2. The standard InChI is InChI=1S/C39H42N2O10/c1-19-15-20-28-29-21(16-19)39(51-4)38(48)31-23(43)18-25(50-3)33(35(29)31)32-24(49-2)17-22(42)30(34(28)32)37(41-14-10-6-8-12-27(46)47)36(20)40-13-9-5-7-11-26(44)45/h15,17-18,40-41,48H,5-14,16H2,1-4H3,(H,44,45)(H,46,47). The fraction of sp³-hybridized carbons (Fsp3) is 0.385. The first-order valence-corrected chi connectivity index (χ1v) is 17.2. The van der Waals surface area contributed by atoms with Crippen LogP contribution in [0.3, 0.4) is 0 Å². The van der Waals surface area contributed by atoms with Crippen molar-refractivity contribution in [3.05, 3.63) is 49.3 Å². The number of hydrogen-bond acceptors (Lipinski definition) is 10. The highest BCUT2D eigenvalue weighted by Crippen LogP contribution is 2.56. The molecule has 5 aromatic carbocycles. The van der Waals surface area contributed by atoms with E-state index in [1.807, 2.05) is 6.92 Å². The van der Waals surface area contributed by atoms with Crippen LogP contribution in [-0.2, 0) is 16.0 Å². The van der Waals surface area contributed by atoms with Gasteiger partial charge in [-0.3, -0.25) is 19.2 Å². The summed E-state index contributed by atoms with van der Waals surface area (Å²) in [5.74, 6) is -1.20. The molecular weight excluding hydrogens is 656 g/mol. The smallest absolute Gasteiger partial charge is 0.303 e. The van der Waals surface area contributed by atoms with Crippen LogP contribution in [0.25, 0.3) is 49.2 Å².